The first-order valence-electron chi connectivity index (χ1n) is 7.48. The summed E-state index contributed by atoms with van der Waals surface area (Å²) in [5, 5.41) is 3.29. The SMILES string of the molecule is CN=C(NCCC1CC1)N(C)Cc1ccc(C(F)(F)F)cc1.I. The molecule has 0 aliphatic heterocycles. The van der Waals surface area contributed by atoms with Crippen LogP contribution in [0.3, 0.4) is 0 Å². The van der Waals surface area contributed by atoms with Gasteiger partial charge < -0.3 is 10.2 Å². The molecule has 7 heteroatoms. The van der Waals surface area contributed by atoms with Gasteiger partial charge in [0.25, 0.3) is 0 Å². The molecule has 0 amide bonds. The zero-order valence-electron chi connectivity index (χ0n) is 13.4. The molecule has 0 unspecified atom stereocenters. The molecule has 0 radical (unpaired) electrons. The Morgan fingerprint density at radius 2 is 1.87 bits per heavy atom. The number of nitrogens with zero attached hydrogens (tertiary/aromatic N) is 2. The molecule has 1 aliphatic rings. The first-order chi connectivity index (χ1) is 10.4. The van der Waals surface area contributed by atoms with Crippen molar-refractivity contribution in [2.75, 3.05) is 20.6 Å². The van der Waals surface area contributed by atoms with E-state index in [4.69, 9.17) is 0 Å². The summed E-state index contributed by atoms with van der Waals surface area (Å²) in [6, 6.07) is 5.26. The minimum absolute atomic E-state index is 0. The molecule has 0 aromatic heterocycles. The van der Waals surface area contributed by atoms with E-state index >= 15 is 0 Å². The van der Waals surface area contributed by atoms with Crippen LogP contribution >= 0.6 is 24.0 Å². The van der Waals surface area contributed by atoms with E-state index in [2.05, 4.69) is 10.3 Å². The van der Waals surface area contributed by atoms with E-state index in [1.54, 1.807) is 7.05 Å². The average Bonchev–Trinajstić information content (AvgIpc) is 3.27. The van der Waals surface area contributed by atoms with Crippen LogP contribution in [0.25, 0.3) is 0 Å². The van der Waals surface area contributed by atoms with Gasteiger partial charge in [-0.15, -0.1) is 24.0 Å². The zero-order valence-corrected chi connectivity index (χ0v) is 15.7. The molecule has 1 aromatic rings. The third-order valence-corrected chi connectivity index (χ3v) is 3.81. The molecule has 2 rings (SSSR count). The number of nitrogens with one attached hydrogen (secondary N) is 1. The average molecular weight is 441 g/mol. The Labute approximate surface area is 152 Å². The topological polar surface area (TPSA) is 27.6 Å². The van der Waals surface area contributed by atoms with Crippen LogP contribution in [0.5, 0.6) is 0 Å². The fourth-order valence-corrected chi connectivity index (χ4v) is 2.33. The Hall–Kier alpha value is -0.990. The molecular weight excluding hydrogens is 418 g/mol. The van der Waals surface area contributed by atoms with Crippen molar-refractivity contribution < 1.29 is 13.2 Å². The van der Waals surface area contributed by atoms with Crippen LogP contribution in [0, 0.1) is 5.92 Å². The number of halogens is 4. The molecular formula is C16H23F3IN3. The van der Waals surface area contributed by atoms with E-state index in [1.807, 2.05) is 11.9 Å². The van der Waals surface area contributed by atoms with Gasteiger partial charge in [0.2, 0.25) is 0 Å². The second-order valence-corrected chi connectivity index (χ2v) is 5.76. The Morgan fingerprint density at radius 3 is 2.35 bits per heavy atom. The molecule has 1 fully saturated rings. The second-order valence-electron chi connectivity index (χ2n) is 5.76. The minimum atomic E-state index is -4.29. The van der Waals surface area contributed by atoms with E-state index in [-0.39, 0.29) is 24.0 Å². The fourth-order valence-electron chi connectivity index (χ4n) is 2.33. The lowest BCUT2D eigenvalue weighted by atomic mass is 10.1. The number of rotatable bonds is 5. The summed E-state index contributed by atoms with van der Waals surface area (Å²) in [6.45, 7) is 1.40. The predicted molar refractivity (Wildman–Crippen MR) is 97.0 cm³/mol. The second kappa shape index (κ2) is 8.75. The lowest BCUT2D eigenvalue weighted by Gasteiger charge is -2.22. The van der Waals surface area contributed by atoms with Gasteiger partial charge in [-0.1, -0.05) is 25.0 Å². The van der Waals surface area contributed by atoms with E-state index in [1.165, 1.54) is 25.0 Å². The summed E-state index contributed by atoms with van der Waals surface area (Å²) in [4.78, 5) is 6.12. The predicted octanol–water partition coefficient (Wildman–Crippen LogP) is 4.13. The Balaban J connectivity index is 0.00000264. The third-order valence-electron chi connectivity index (χ3n) is 3.81. The number of aliphatic imine (C=N–C) groups is 1. The van der Waals surface area contributed by atoms with Gasteiger partial charge in [-0.2, -0.15) is 13.2 Å². The Kier molecular flexibility index (Phi) is 7.63. The van der Waals surface area contributed by atoms with Crippen molar-refractivity contribution in [1.82, 2.24) is 10.2 Å². The zero-order chi connectivity index (χ0) is 16.2. The third kappa shape index (κ3) is 6.56. The molecule has 0 atom stereocenters. The molecule has 1 aromatic carbocycles. The number of guanidine groups is 1. The van der Waals surface area contributed by atoms with Crippen LogP contribution in [0.1, 0.15) is 30.4 Å². The standard InChI is InChI=1S/C16H22F3N3.HI/c1-20-15(21-10-9-12-3-4-12)22(2)11-13-5-7-14(8-6-13)16(17,18)19;/h5-8,12H,3-4,9-11H2,1-2H3,(H,20,21);1H. The molecule has 0 saturated heterocycles. The molecule has 1 aliphatic carbocycles. The van der Waals surface area contributed by atoms with Gasteiger partial charge in [0.05, 0.1) is 5.56 Å². The highest BCUT2D eigenvalue weighted by atomic mass is 127. The van der Waals surface area contributed by atoms with Crippen LogP contribution in [-0.2, 0) is 12.7 Å². The molecule has 1 saturated carbocycles. The summed E-state index contributed by atoms with van der Waals surface area (Å²) in [6.07, 6.45) is -0.499. The highest BCUT2D eigenvalue weighted by molar-refractivity contribution is 14.0. The largest absolute Gasteiger partial charge is 0.416 e. The monoisotopic (exact) mass is 441 g/mol. The van der Waals surface area contributed by atoms with Crippen molar-refractivity contribution in [3.05, 3.63) is 35.4 Å². The summed E-state index contributed by atoms with van der Waals surface area (Å²) in [5.41, 5.74) is 0.200. The highest BCUT2D eigenvalue weighted by Gasteiger charge is 2.30. The quantitative estimate of drug-likeness (QED) is 0.423. The van der Waals surface area contributed by atoms with Crippen LogP contribution < -0.4 is 5.32 Å². The Morgan fingerprint density at radius 1 is 1.26 bits per heavy atom. The highest BCUT2D eigenvalue weighted by Crippen LogP contribution is 2.31. The van der Waals surface area contributed by atoms with Crippen molar-refractivity contribution in [1.29, 1.82) is 0 Å². The molecule has 1 N–H and O–H groups in total. The van der Waals surface area contributed by atoms with Crippen LogP contribution in [0.2, 0.25) is 0 Å². The minimum Gasteiger partial charge on any atom is -0.356 e. The van der Waals surface area contributed by atoms with Crippen LogP contribution in [-0.4, -0.2) is 31.5 Å². The van der Waals surface area contributed by atoms with E-state index in [0.29, 0.717) is 6.54 Å². The normalized spacial score (nSPS) is 15.1. The van der Waals surface area contributed by atoms with Gasteiger partial charge in [0, 0.05) is 27.2 Å². The van der Waals surface area contributed by atoms with Gasteiger partial charge in [-0.3, -0.25) is 4.99 Å². The maximum Gasteiger partial charge on any atom is 0.416 e. The number of hydrogen-bond donors (Lipinski definition) is 1. The van der Waals surface area contributed by atoms with Crippen molar-refractivity contribution in [2.45, 2.75) is 32.0 Å². The van der Waals surface area contributed by atoms with Crippen molar-refractivity contribution >= 4 is 29.9 Å². The molecule has 23 heavy (non-hydrogen) atoms. The lowest BCUT2D eigenvalue weighted by molar-refractivity contribution is -0.137. The molecule has 0 heterocycles. The van der Waals surface area contributed by atoms with E-state index in [9.17, 15) is 13.2 Å². The summed E-state index contributed by atoms with van der Waals surface area (Å²) in [7, 11) is 3.59. The number of benzene rings is 1. The van der Waals surface area contributed by atoms with E-state index in [0.717, 1.165) is 42.5 Å². The first-order valence-corrected chi connectivity index (χ1v) is 7.48. The van der Waals surface area contributed by atoms with Gasteiger partial charge in [0.1, 0.15) is 0 Å². The summed E-state index contributed by atoms with van der Waals surface area (Å²) < 4.78 is 37.6. The molecule has 3 nitrogen and oxygen atoms in total. The van der Waals surface area contributed by atoms with Crippen molar-refractivity contribution in [3.8, 4) is 0 Å². The summed E-state index contributed by atoms with van der Waals surface area (Å²) in [5.74, 6) is 1.62. The summed E-state index contributed by atoms with van der Waals surface area (Å²) >= 11 is 0. The first kappa shape index (κ1) is 20.1. The number of hydrogen-bond acceptors (Lipinski definition) is 1. The van der Waals surface area contributed by atoms with Gasteiger partial charge in [0.15, 0.2) is 5.96 Å². The van der Waals surface area contributed by atoms with Crippen molar-refractivity contribution in [3.63, 3.8) is 0 Å². The lowest BCUT2D eigenvalue weighted by Crippen LogP contribution is -2.39. The molecule has 130 valence electrons. The Bertz CT molecular complexity index is 510. The van der Waals surface area contributed by atoms with Gasteiger partial charge in [-0.25, -0.2) is 0 Å². The molecule has 0 bridgehead atoms. The maximum absolute atomic E-state index is 12.5. The van der Waals surface area contributed by atoms with E-state index < -0.39 is 11.7 Å². The smallest absolute Gasteiger partial charge is 0.356 e. The van der Waals surface area contributed by atoms with Crippen LogP contribution in [0.4, 0.5) is 13.2 Å². The fraction of sp³-hybridized carbons (Fsp3) is 0.562. The van der Waals surface area contributed by atoms with Crippen LogP contribution in [0.15, 0.2) is 29.3 Å². The maximum atomic E-state index is 12.5. The molecule has 0 spiro atoms. The number of alkyl halides is 3. The van der Waals surface area contributed by atoms with Gasteiger partial charge in [-0.05, 0) is 30.0 Å². The van der Waals surface area contributed by atoms with Gasteiger partial charge >= 0.3 is 6.18 Å². The van der Waals surface area contributed by atoms with Crippen molar-refractivity contribution in [2.24, 2.45) is 10.9 Å².